The van der Waals surface area contributed by atoms with Gasteiger partial charge in [0.1, 0.15) is 0 Å². The molecule has 98 valence electrons. The van der Waals surface area contributed by atoms with E-state index in [1.165, 1.54) is 6.20 Å². The Morgan fingerprint density at radius 3 is 2.58 bits per heavy atom. The van der Waals surface area contributed by atoms with Crippen LogP contribution in [0.3, 0.4) is 0 Å². The van der Waals surface area contributed by atoms with E-state index in [1.807, 2.05) is 0 Å². The first-order valence-electron chi connectivity index (χ1n) is 5.29. The first kappa shape index (κ1) is 14.1. The SMILES string of the molecule is O=C(O)Cc1cc(-c2cc(Cl)ccc2Cl)ncc1Cl. The summed E-state index contributed by atoms with van der Waals surface area (Å²) in [5, 5.41) is 10.1. The van der Waals surface area contributed by atoms with Gasteiger partial charge in [-0.05, 0) is 29.8 Å². The molecule has 2 rings (SSSR count). The molecule has 1 aromatic carbocycles. The van der Waals surface area contributed by atoms with E-state index < -0.39 is 5.97 Å². The molecule has 1 N–H and O–H groups in total. The Morgan fingerprint density at radius 2 is 1.89 bits per heavy atom. The molecule has 0 aliphatic heterocycles. The van der Waals surface area contributed by atoms with Gasteiger partial charge in [0.15, 0.2) is 0 Å². The lowest BCUT2D eigenvalue weighted by molar-refractivity contribution is -0.136. The zero-order valence-electron chi connectivity index (χ0n) is 9.53. The number of benzene rings is 1. The number of nitrogens with zero attached hydrogens (tertiary/aromatic N) is 1. The Kier molecular flexibility index (Phi) is 4.30. The molecular formula is C13H8Cl3NO2. The van der Waals surface area contributed by atoms with Gasteiger partial charge >= 0.3 is 5.97 Å². The van der Waals surface area contributed by atoms with Crippen LogP contribution in [0.1, 0.15) is 5.56 Å². The fourth-order valence-corrected chi connectivity index (χ4v) is 2.18. The quantitative estimate of drug-likeness (QED) is 0.916. The second-order valence-electron chi connectivity index (χ2n) is 3.86. The monoisotopic (exact) mass is 315 g/mol. The zero-order chi connectivity index (χ0) is 14.0. The summed E-state index contributed by atoms with van der Waals surface area (Å²) in [6, 6.07) is 6.60. The Hall–Kier alpha value is -1.29. The standard InChI is InChI=1S/C13H8Cl3NO2/c14-8-1-2-10(15)9(5-8)12-3-7(4-13(18)19)11(16)6-17-12/h1-3,5-6H,4H2,(H,18,19). The molecule has 1 heterocycles. The number of rotatable bonds is 3. The molecule has 0 unspecified atom stereocenters. The largest absolute Gasteiger partial charge is 0.481 e. The van der Waals surface area contributed by atoms with Crippen LogP contribution in [0.15, 0.2) is 30.5 Å². The number of carboxylic acids is 1. The van der Waals surface area contributed by atoms with Crippen LogP contribution in [-0.2, 0) is 11.2 Å². The van der Waals surface area contributed by atoms with E-state index in [4.69, 9.17) is 39.9 Å². The van der Waals surface area contributed by atoms with Crippen molar-refractivity contribution in [2.45, 2.75) is 6.42 Å². The molecule has 0 spiro atoms. The Bertz CT molecular complexity index is 644. The van der Waals surface area contributed by atoms with Crippen molar-refractivity contribution in [1.82, 2.24) is 4.98 Å². The number of carbonyl (C=O) groups is 1. The summed E-state index contributed by atoms with van der Waals surface area (Å²) in [5.74, 6) is -0.962. The van der Waals surface area contributed by atoms with E-state index in [2.05, 4.69) is 4.98 Å². The summed E-state index contributed by atoms with van der Waals surface area (Å²) in [7, 11) is 0. The number of hydrogen-bond acceptors (Lipinski definition) is 2. The van der Waals surface area contributed by atoms with Gasteiger partial charge < -0.3 is 5.11 Å². The minimum absolute atomic E-state index is 0.174. The molecule has 1 aromatic heterocycles. The van der Waals surface area contributed by atoms with Crippen LogP contribution in [0.25, 0.3) is 11.3 Å². The lowest BCUT2D eigenvalue weighted by atomic mass is 10.1. The number of aliphatic carboxylic acids is 1. The Labute approximate surface area is 124 Å². The summed E-state index contributed by atoms with van der Waals surface area (Å²) in [6.45, 7) is 0. The molecule has 2 aromatic rings. The smallest absolute Gasteiger partial charge is 0.307 e. The van der Waals surface area contributed by atoms with Crippen LogP contribution in [-0.4, -0.2) is 16.1 Å². The highest BCUT2D eigenvalue weighted by molar-refractivity contribution is 6.35. The zero-order valence-corrected chi connectivity index (χ0v) is 11.8. The number of pyridine rings is 1. The summed E-state index contributed by atoms with van der Waals surface area (Å²) in [6.07, 6.45) is 1.24. The average molecular weight is 317 g/mol. The highest BCUT2D eigenvalue weighted by Crippen LogP contribution is 2.31. The molecule has 0 radical (unpaired) electrons. The second kappa shape index (κ2) is 5.78. The fraction of sp³-hybridized carbons (Fsp3) is 0.0769. The summed E-state index contributed by atoms with van der Waals surface area (Å²) in [4.78, 5) is 14.9. The van der Waals surface area contributed by atoms with E-state index in [-0.39, 0.29) is 6.42 Å². The summed E-state index contributed by atoms with van der Waals surface area (Å²) < 4.78 is 0. The molecule has 0 saturated heterocycles. The lowest BCUT2D eigenvalue weighted by Crippen LogP contribution is -2.01. The molecular weight excluding hydrogens is 309 g/mol. The predicted octanol–water partition coefficient (Wildman–Crippen LogP) is 4.34. The highest BCUT2D eigenvalue weighted by atomic mass is 35.5. The first-order valence-corrected chi connectivity index (χ1v) is 6.42. The van der Waals surface area contributed by atoms with Crippen molar-refractivity contribution in [3.63, 3.8) is 0 Å². The Balaban J connectivity index is 2.51. The summed E-state index contributed by atoms with van der Waals surface area (Å²) in [5.41, 5.74) is 1.65. The van der Waals surface area contributed by atoms with Gasteiger partial charge in [0.2, 0.25) is 0 Å². The molecule has 6 heteroatoms. The van der Waals surface area contributed by atoms with Gasteiger partial charge in [0.25, 0.3) is 0 Å². The van der Waals surface area contributed by atoms with Crippen LogP contribution >= 0.6 is 34.8 Å². The molecule has 0 amide bonds. The number of hydrogen-bond donors (Lipinski definition) is 1. The number of halogens is 3. The maximum absolute atomic E-state index is 10.8. The van der Waals surface area contributed by atoms with Crippen molar-refractivity contribution in [1.29, 1.82) is 0 Å². The maximum Gasteiger partial charge on any atom is 0.307 e. The Morgan fingerprint density at radius 1 is 1.16 bits per heavy atom. The number of carboxylic acid groups (broad SMARTS) is 1. The molecule has 0 aliphatic carbocycles. The van der Waals surface area contributed by atoms with Gasteiger partial charge in [0, 0.05) is 16.8 Å². The predicted molar refractivity (Wildman–Crippen MR) is 76.0 cm³/mol. The lowest BCUT2D eigenvalue weighted by Gasteiger charge is -2.07. The molecule has 0 fully saturated rings. The second-order valence-corrected chi connectivity index (χ2v) is 5.11. The van der Waals surface area contributed by atoms with Crippen molar-refractivity contribution < 1.29 is 9.90 Å². The molecule has 0 saturated carbocycles. The molecule has 0 bridgehead atoms. The molecule has 19 heavy (non-hydrogen) atoms. The summed E-state index contributed by atoms with van der Waals surface area (Å²) >= 11 is 17.9. The van der Waals surface area contributed by atoms with Gasteiger partial charge in [-0.3, -0.25) is 9.78 Å². The van der Waals surface area contributed by atoms with Gasteiger partial charge in [-0.15, -0.1) is 0 Å². The van der Waals surface area contributed by atoms with Crippen molar-refractivity contribution >= 4 is 40.8 Å². The third kappa shape index (κ3) is 3.38. The molecule has 0 atom stereocenters. The van der Waals surface area contributed by atoms with Crippen LogP contribution in [0.2, 0.25) is 15.1 Å². The van der Waals surface area contributed by atoms with Crippen LogP contribution in [0.4, 0.5) is 0 Å². The van der Waals surface area contributed by atoms with E-state index in [9.17, 15) is 4.79 Å². The van der Waals surface area contributed by atoms with E-state index in [0.717, 1.165) is 0 Å². The van der Waals surface area contributed by atoms with Crippen LogP contribution in [0.5, 0.6) is 0 Å². The van der Waals surface area contributed by atoms with Crippen molar-refractivity contribution in [3.05, 3.63) is 51.1 Å². The third-order valence-corrected chi connectivity index (χ3v) is 3.39. The molecule has 0 aliphatic rings. The fourth-order valence-electron chi connectivity index (χ4n) is 1.62. The van der Waals surface area contributed by atoms with Crippen LogP contribution < -0.4 is 0 Å². The highest BCUT2D eigenvalue weighted by Gasteiger charge is 2.11. The van der Waals surface area contributed by atoms with E-state index >= 15 is 0 Å². The van der Waals surface area contributed by atoms with Crippen molar-refractivity contribution in [3.8, 4) is 11.3 Å². The van der Waals surface area contributed by atoms with Crippen LogP contribution in [0, 0.1) is 0 Å². The van der Waals surface area contributed by atoms with E-state index in [1.54, 1.807) is 24.3 Å². The van der Waals surface area contributed by atoms with Gasteiger partial charge in [-0.1, -0.05) is 34.8 Å². The number of aromatic nitrogens is 1. The van der Waals surface area contributed by atoms with Gasteiger partial charge in [-0.2, -0.15) is 0 Å². The van der Waals surface area contributed by atoms with Gasteiger partial charge in [0.05, 0.1) is 22.2 Å². The minimum atomic E-state index is -0.962. The van der Waals surface area contributed by atoms with Gasteiger partial charge in [-0.25, -0.2) is 0 Å². The normalized spacial score (nSPS) is 10.5. The average Bonchev–Trinajstić information content (AvgIpc) is 2.34. The van der Waals surface area contributed by atoms with E-state index in [0.29, 0.717) is 31.9 Å². The third-order valence-electron chi connectivity index (χ3n) is 2.48. The topological polar surface area (TPSA) is 50.2 Å². The minimum Gasteiger partial charge on any atom is -0.481 e. The first-order chi connectivity index (χ1) is 8.97. The van der Waals surface area contributed by atoms with Crippen molar-refractivity contribution in [2.75, 3.05) is 0 Å². The maximum atomic E-state index is 10.8. The molecule has 3 nitrogen and oxygen atoms in total. The van der Waals surface area contributed by atoms with Crippen molar-refractivity contribution in [2.24, 2.45) is 0 Å².